The van der Waals surface area contributed by atoms with Gasteiger partial charge in [-0.05, 0) is 44.4 Å². The summed E-state index contributed by atoms with van der Waals surface area (Å²) in [6, 6.07) is 6.80. The predicted molar refractivity (Wildman–Crippen MR) is 107 cm³/mol. The van der Waals surface area contributed by atoms with Crippen LogP contribution in [0.4, 0.5) is 0 Å². The van der Waals surface area contributed by atoms with Gasteiger partial charge in [-0.2, -0.15) is 0 Å². The van der Waals surface area contributed by atoms with Crippen LogP contribution in [-0.4, -0.2) is 32.5 Å². The summed E-state index contributed by atoms with van der Waals surface area (Å²) in [6.45, 7) is 8.51. The summed E-state index contributed by atoms with van der Waals surface area (Å²) in [4.78, 5) is 11.7. The van der Waals surface area contributed by atoms with Crippen LogP contribution in [-0.2, 0) is 13.1 Å². The Morgan fingerprint density at radius 2 is 2.12 bits per heavy atom. The van der Waals surface area contributed by atoms with Gasteiger partial charge in [0.1, 0.15) is 5.82 Å². The van der Waals surface area contributed by atoms with Crippen LogP contribution in [0.3, 0.4) is 0 Å². The summed E-state index contributed by atoms with van der Waals surface area (Å²) < 4.78 is 2.28. The summed E-state index contributed by atoms with van der Waals surface area (Å²) in [5.41, 5.74) is 7.21. The molecule has 2 aromatic heterocycles. The van der Waals surface area contributed by atoms with E-state index in [1.807, 2.05) is 11.7 Å². The third-order valence-electron chi connectivity index (χ3n) is 5.33. The molecule has 4 rings (SSSR count). The molecule has 0 radical (unpaired) electrons. The zero-order valence-electron chi connectivity index (χ0n) is 15.6. The van der Waals surface area contributed by atoms with E-state index in [4.69, 9.17) is 4.98 Å². The molecular formula is C21H26N4S. The first-order valence-electron chi connectivity index (χ1n) is 9.35. The van der Waals surface area contributed by atoms with Crippen LogP contribution in [0, 0.1) is 13.8 Å². The molecule has 3 aromatic rings. The summed E-state index contributed by atoms with van der Waals surface area (Å²) in [6.07, 6.45) is 6.49. The van der Waals surface area contributed by atoms with Crippen molar-refractivity contribution in [3.05, 3.63) is 69.7 Å². The lowest BCUT2D eigenvalue weighted by Gasteiger charge is -2.33. The van der Waals surface area contributed by atoms with Gasteiger partial charge in [-0.3, -0.25) is 4.90 Å². The van der Waals surface area contributed by atoms with E-state index in [0.717, 1.165) is 25.3 Å². The maximum Gasteiger partial charge on any atom is 0.113 e. The number of hydrogen-bond acceptors (Lipinski definition) is 4. The Labute approximate surface area is 159 Å². The molecular weight excluding hydrogens is 340 g/mol. The van der Waals surface area contributed by atoms with Gasteiger partial charge in [-0.25, -0.2) is 9.97 Å². The van der Waals surface area contributed by atoms with Crippen molar-refractivity contribution in [2.24, 2.45) is 0 Å². The summed E-state index contributed by atoms with van der Waals surface area (Å²) in [7, 11) is 0. The van der Waals surface area contributed by atoms with E-state index in [0.29, 0.717) is 5.92 Å². The average Bonchev–Trinajstić information content (AvgIpc) is 3.30. The van der Waals surface area contributed by atoms with Crippen molar-refractivity contribution in [2.45, 2.75) is 45.7 Å². The lowest BCUT2D eigenvalue weighted by Crippen LogP contribution is -2.35. The van der Waals surface area contributed by atoms with Crippen molar-refractivity contribution in [1.29, 1.82) is 0 Å². The van der Waals surface area contributed by atoms with Crippen molar-refractivity contribution in [2.75, 3.05) is 13.1 Å². The van der Waals surface area contributed by atoms with Crippen molar-refractivity contribution >= 4 is 11.3 Å². The lowest BCUT2D eigenvalue weighted by atomic mass is 9.96. The number of aryl methyl sites for hydroxylation is 2. The molecule has 0 unspecified atom stereocenters. The predicted octanol–water partition coefficient (Wildman–Crippen LogP) is 4.38. The second kappa shape index (κ2) is 7.72. The smallest absolute Gasteiger partial charge is 0.113 e. The van der Waals surface area contributed by atoms with Crippen molar-refractivity contribution in [3.63, 3.8) is 0 Å². The molecule has 3 heterocycles. The highest BCUT2D eigenvalue weighted by Gasteiger charge is 2.25. The lowest BCUT2D eigenvalue weighted by molar-refractivity contribution is 0.194. The maximum atomic E-state index is 4.70. The number of piperidine rings is 1. The number of imidazole rings is 1. The second-order valence-corrected chi connectivity index (χ2v) is 8.12. The third kappa shape index (κ3) is 3.89. The first-order chi connectivity index (χ1) is 12.7. The van der Waals surface area contributed by atoms with E-state index in [9.17, 15) is 0 Å². The normalized spacial score (nSPS) is 18.3. The fraction of sp³-hybridized carbons (Fsp3) is 0.429. The van der Waals surface area contributed by atoms with Crippen molar-refractivity contribution < 1.29 is 0 Å². The molecule has 0 bridgehead atoms. The Bertz CT molecular complexity index is 853. The Balaban J connectivity index is 1.46. The minimum atomic E-state index is 0.503. The molecule has 0 N–H and O–H groups in total. The van der Waals surface area contributed by atoms with Gasteiger partial charge in [0.05, 0.1) is 17.7 Å². The van der Waals surface area contributed by atoms with E-state index >= 15 is 0 Å². The monoisotopic (exact) mass is 366 g/mol. The van der Waals surface area contributed by atoms with Crippen LogP contribution >= 0.6 is 11.3 Å². The number of benzene rings is 1. The van der Waals surface area contributed by atoms with Crippen molar-refractivity contribution in [1.82, 2.24) is 19.4 Å². The SMILES string of the molecule is Cc1ccc(CN2CCC[C@@H](c3nccn3Cc3cscn3)C2)c(C)c1. The molecule has 136 valence electrons. The van der Waals surface area contributed by atoms with Crippen LogP contribution in [0.25, 0.3) is 0 Å². The Morgan fingerprint density at radius 1 is 1.19 bits per heavy atom. The Morgan fingerprint density at radius 3 is 2.92 bits per heavy atom. The molecule has 0 spiro atoms. The molecule has 1 fully saturated rings. The maximum absolute atomic E-state index is 4.70. The number of nitrogens with zero attached hydrogens (tertiary/aromatic N) is 4. The zero-order chi connectivity index (χ0) is 17.9. The second-order valence-electron chi connectivity index (χ2n) is 7.40. The number of hydrogen-bond donors (Lipinski definition) is 0. The topological polar surface area (TPSA) is 34.0 Å². The molecule has 1 atom stereocenters. The van der Waals surface area contributed by atoms with E-state index in [1.54, 1.807) is 11.3 Å². The summed E-state index contributed by atoms with van der Waals surface area (Å²) in [5, 5.41) is 2.12. The van der Waals surface area contributed by atoms with E-state index in [2.05, 4.69) is 58.1 Å². The molecule has 0 amide bonds. The van der Waals surface area contributed by atoms with Crippen LogP contribution < -0.4 is 0 Å². The van der Waals surface area contributed by atoms with Crippen LogP contribution in [0.2, 0.25) is 0 Å². The first-order valence-corrected chi connectivity index (χ1v) is 10.3. The highest BCUT2D eigenvalue weighted by Crippen LogP contribution is 2.27. The largest absolute Gasteiger partial charge is 0.329 e. The van der Waals surface area contributed by atoms with Gasteiger partial charge < -0.3 is 4.57 Å². The van der Waals surface area contributed by atoms with Gasteiger partial charge in [-0.1, -0.05) is 23.8 Å². The third-order valence-corrected chi connectivity index (χ3v) is 5.96. The van der Waals surface area contributed by atoms with Gasteiger partial charge in [-0.15, -0.1) is 11.3 Å². The van der Waals surface area contributed by atoms with Crippen LogP contribution in [0.15, 0.2) is 41.5 Å². The molecule has 1 aromatic carbocycles. The molecule has 1 saturated heterocycles. The molecule has 1 aliphatic rings. The standard InChI is InChI=1S/C21H26N4S/c1-16-5-6-18(17(2)10-16)11-24-8-3-4-19(12-24)21-22-7-9-25(21)13-20-14-26-15-23-20/h5-7,9-10,14-15,19H,3-4,8,11-13H2,1-2H3/t19-/m1/s1. The number of rotatable bonds is 5. The van der Waals surface area contributed by atoms with E-state index in [1.165, 1.54) is 41.9 Å². The zero-order valence-corrected chi connectivity index (χ0v) is 16.4. The molecule has 0 aliphatic carbocycles. The minimum Gasteiger partial charge on any atom is -0.329 e. The van der Waals surface area contributed by atoms with Gasteiger partial charge in [0.25, 0.3) is 0 Å². The van der Waals surface area contributed by atoms with Gasteiger partial charge in [0.15, 0.2) is 0 Å². The van der Waals surface area contributed by atoms with Crippen molar-refractivity contribution in [3.8, 4) is 0 Å². The van der Waals surface area contributed by atoms with Crippen LogP contribution in [0.1, 0.15) is 47.0 Å². The number of thiazole rings is 1. The molecule has 5 heteroatoms. The molecule has 1 aliphatic heterocycles. The van der Waals surface area contributed by atoms with Crippen LogP contribution in [0.5, 0.6) is 0 Å². The summed E-state index contributed by atoms with van der Waals surface area (Å²) >= 11 is 1.65. The number of aromatic nitrogens is 3. The van der Waals surface area contributed by atoms with E-state index < -0.39 is 0 Å². The number of likely N-dealkylation sites (tertiary alicyclic amines) is 1. The first kappa shape index (κ1) is 17.4. The fourth-order valence-electron chi connectivity index (χ4n) is 3.98. The molecule has 26 heavy (non-hydrogen) atoms. The van der Waals surface area contributed by atoms with Gasteiger partial charge in [0.2, 0.25) is 0 Å². The quantitative estimate of drug-likeness (QED) is 0.672. The van der Waals surface area contributed by atoms with Gasteiger partial charge >= 0.3 is 0 Å². The van der Waals surface area contributed by atoms with Gasteiger partial charge in [0, 0.05) is 36.8 Å². The fourth-order valence-corrected chi connectivity index (χ4v) is 4.53. The Hall–Kier alpha value is -1.98. The highest BCUT2D eigenvalue weighted by molar-refractivity contribution is 7.07. The Kier molecular flexibility index (Phi) is 5.18. The minimum absolute atomic E-state index is 0.503. The van der Waals surface area contributed by atoms with E-state index in [-0.39, 0.29) is 0 Å². The molecule has 4 nitrogen and oxygen atoms in total. The average molecular weight is 367 g/mol. The summed E-state index contributed by atoms with van der Waals surface area (Å²) in [5.74, 6) is 1.71. The highest BCUT2D eigenvalue weighted by atomic mass is 32.1. The molecule has 0 saturated carbocycles.